The van der Waals surface area contributed by atoms with Crippen LogP contribution in [0.2, 0.25) is 0 Å². The summed E-state index contributed by atoms with van der Waals surface area (Å²) in [7, 11) is 0. The Morgan fingerprint density at radius 3 is 2.42 bits per heavy atom. The van der Waals surface area contributed by atoms with Gasteiger partial charge in [-0.3, -0.25) is 0 Å². The zero-order valence-corrected chi connectivity index (χ0v) is 15.6. The Kier molecular flexibility index (Phi) is 5.79. The molecule has 5 heteroatoms. The molecule has 0 aliphatic rings. The summed E-state index contributed by atoms with van der Waals surface area (Å²) < 4.78 is 0. The minimum Gasteiger partial charge on any atom is -0.353 e. The van der Waals surface area contributed by atoms with Crippen molar-refractivity contribution in [2.75, 3.05) is 17.2 Å². The molecule has 0 aliphatic heterocycles. The van der Waals surface area contributed by atoms with Crippen molar-refractivity contribution in [3.63, 3.8) is 0 Å². The average molecular weight is 347 g/mol. The molecule has 0 atom stereocenters. The molecule has 3 rings (SSSR count). The number of anilines is 3. The van der Waals surface area contributed by atoms with Gasteiger partial charge in [-0.2, -0.15) is 10.1 Å². The summed E-state index contributed by atoms with van der Waals surface area (Å²) in [4.78, 5) is 4.52. The molecule has 0 saturated heterocycles. The van der Waals surface area contributed by atoms with Crippen LogP contribution in [0.1, 0.15) is 28.7 Å². The molecular formula is C21H25N5. The predicted molar refractivity (Wildman–Crippen MR) is 107 cm³/mol. The second kappa shape index (κ2) is 8.43. The lowest BCUT2D eigenvalue weighted by molar-refractivity contribution is 0.843. The van der Waals surface area contributed by atoms with Gasteiger partial charge in [-0.1, -0.05) is 48.0 Å². The van der Waals surface area contributed by atoms with E-state index in [4.69, 9.17) is 0 Å². The van der Waals surface area contributed by atoms with Crippen LogP contribution < -0.4 is 10.6 Å². The van der Waals surface area contributed by atoms with E-state index < -0.39 is 0 Å². The second-order valence-electron chi connectivity index (χ2n) is 6.58. The highest BCUT2D eigenvalue weighted by Gasteiger charge is 2.06. The first kappa shape index (κ1) is 17.9. The van der Waals surface area contributed by atoms with Crippen LogP contribution >= 0.6 is 0 Å². The zero-order chi connectivity index (χ0) is 18.4. The number of aromatic nitrogens is 3. The normalized spacial score (nSPS) is 10.6. The molecule has 1 aromatic heterocycles. The van der Waals surface area contributed by atoms with Crippen molar-refractivity contribution in [2.24, 2.45) is 0 Å². The number of hydrogen-bond acceptors (Lipinski definition) is 5. The van der Waals surface area contributed by atoms with Crippen LogP contribution in [0.3, 0.4) is 0 Å². The first-order chi connectivity index (χ1) is 12.6. The fourth-order valence-corrected chi connectivity index (χ4v) is 3.08. The number of benzene rings is 2. The van der Waals surface area contributed by atoms with Crippen LogP contribution in [0.4, 0.5) is 17.5 Å². The molecule has 1 heterocycles. The van der Waals surface area contributed by atoms with Crippen molar-refractivity contribution in [3.05, 3.63) is 70.9 Å². The van der Waals surface area contributed by atoms with E-state index in [1.165, 1.54) is 22.3 Å². The van der Waals surface area contributed by atoms with Crippen LogP contribution in [0.15, 0.2) is 48.7 Å². The standard InChI is InChI=1S/C21H25N5/c1-15-12-16(2)20(17(3)13-15)24-19-14-23-26-21(25-19)22-11-7-10-18-8-5-4-6-9-18/h4-6,8-9,12-14H,7,10-11H2,1-3H3,(H2,22,24,25,26). The summed E-state index contributed by atoms with van der Waals surface area (Å²) in [6, 6.07) is 14.8. The van der Waals surface area contributed by atoms with Crippen molar-refractivity contribution < 1.29 is 0 Å². The molecule has 0 fully saturated rings. The molecule has 0 aliphatic carbocycles. The third-order valence-corrected chi connectivity index (χ3v) is 4.26. The third-order valence-electron chi connectivity index (χ3n) is 4.26. The minimum absolute atomic E-state index is 0.547. The minimum atomic E-state index is 0.547. The number of hydrogen-bond donors (Lipinski definition) is 2. The summed E-state index contributed by atoms with van der Waals surface area (Å²) in [5.41, 5.74) is 6.06. The summed E-state index contributed by atoms with van der Waals surface area (Å²) in [6.45, 7) is 7.11. The van der Waals surface area contributed by atoms with Crippen LogP contribution in [0, 0.1) is 20.8 Å². The number of rotatable bonds is 7. The summed E-state index contributed by atoms with van der Waals surface area (Å²) >= 11 is 0. The van der Waals surface area contributed by atoms with Crippen LogP contribution in [0.5, 0.6) is 0 Å². The van der Waals surface area contributed by atoms with Gasteiger partial charge in [0.25, 0.3) is 0 Å². The van der Waals surface area contributed by atoms with Gasteiger partial charge >= 0.3 is 0 Å². The van der Waals surface area contributed by atoms with Crippen molar-refractivity contribution in [1.82, 2.24) is 15.2 Å². The van der Waals surface area contributed by atoms with Gasteiger partial charge in [0, 0.05) is 12.2 Å². The van der Waals surface area contributed by atoms with Gasteiger partial charge in [0.15, 0.2) is 5.82 Å². The quantitative estimate of drug-likeness (QED) is 0.612. The third kappa shape index (κ3) is 4.79. The first-order valence-corrected chi connectivity index (χ1v) is 8.94. The molecule has 0 spiro atoms. The van der Waals surface area contributed by atoms with Gasteiger partial charge in [0.05, 0.1) is 6.20 Å². The van der Waals surface area contributed by atoms with Gasteiger partial charge in [-0.15, -0.1) is 5.10 Å². The van der Waals surface area contributed by atoms with E-state index in [2.05, 4.69) is 83.0 Å². The Bertz CT molecular complexity index is 838. The summed E-state index contributed by atoms with van der Waals surface area (Å²) in [5.74, 6) is 1.24. The van der Waals surface area contributed by atoms with Crippen LogP contribution in [-0.2, 0) is 6.42 Å². The molecule has 134 valence electrons. The molecular weight excluding hydrogens is 322 g/mol. The molecule has 2 N–H and O–H groups in total. The van der Waals surface area contributed by atoms with E-state index in [1.807, 2.05) is 6.07 Å². The molecule has 0 saturated carbocycles. The fourth-order valence-electron chi connectivity index (χ4n) is 3.08. The Hall–Kier alpha value is -2.95. The van der Waals surface area contributed by atoms with E-state index in [1.54, 1.807) is 6.20 Å². The van der Waals surface area contributed by atoms with Gasteiger partial charge in [-0.05, 0) is 50.3 Å². The Labute approximate surface area is 154 Å². The maximum Gasteiger partial charge on any atom is 0.244 e. The van der Waals surface area contributed by atoms with Gasteiger partial charge < -0.3 is 10.6 Å². The SMILES string of the molecule is Cc1cc(C)c(Nc2cnnc(NCCCc3ccccc3)n2)c(C)c1. The van der Waals surface area contributed by atoms with Crippen molar-refractivity contribution in [2.45, 2.75) is 33.6 Å². The number of nitrogens with zero attached hydrogens (tertiary/aromatic N) is 3. The lowest BCUT2D eigenvalue weighted by Crippen LogP contribution is -2.09. The Balaban J connectivity index is 1.58. The van der Waals surface area contributed by atoms with E-state index in [0.717, 1.165) is 25.1 Å². The van der Waals surface area contributed by atoms with E-state index >= 15 is 0 Å². The zero-order valence-electron chi connectivity index (χ0n) is 15.6. The predicted octanol–water partition coefficient (Wildman–Crippen LogP) is 4.59. The van der Waals surface area contributed by atoms with Crippen LogP contribution in [0.25, 0.3) is 0 Å². The number of nitrogens with one attached hydrogen (secondary N) is 2. The van der Waals surface area contributed by atoms with Crippen molar-refractivity contribution >= 4 is 17.5 Å². The molecule has 5 nitrogen and oxygen atoms in total. The molecule has 0 radical (unpaired) electrons. The smallest absolute Gasteiger partial charge is 0.244 e. The molecule has 0 amide bonds. The van der Waals surface area contributed by atoms with Crippen molar-refractivity contribution in [3.8, 4) is 0 Å². The topological polar surface area (TPSA) is 62.7 Å². The summed E-state index contributed by atoms with van der Waals surface area (Å²) in [5, 5.41) is 14.8. The molecule has 3 aromatic rings. The Morgan fingerprint density at radius 1 is 0.962 bits per heavy atom. The second-order valence-corrected chi connectivity index (χ2v) is 6.58. The highest BCUT2D eigenvalue weighted by atomic mass is 15.3. The van der Waals surface area contributed by atoms with Crippen molar-refractivity contribution in [1.29, 1.82) is 0 Å². The molecule has 2 aromatic carbocycles. The Morgan fingerprint density at radius 2 is 1.69 bits per heavy atom. The molecule has 26 heavy (non-hydrogen) atoms. The van der Waals surface area contributed by atoms with E-state index in [0.29, 0.717) is 11.8 Å². The monoisotopic (exact) mass is 347 g/mol. The summed E-state index contributed by atoms with van der Waals surface area (Å²) in [6.07, 6.45) is 3.69. The van der Waals surface area contributed by atoms with E-state index in [9.17, 15) is 0 Å². The van der Waals surface area contributed by atoms with Gasteiger partial charge in [0.1, 0.15) is 0 Å². The average Bonchev–Trinajstić information content (AvgIpc) is 2.63. The lowest BCUT2D eigenvalue weighted by atomic mass is 10.1. The molecule has 0 bridgehead atoms. The van der Waals surface area contributed by atoms with Gasteiger partial charge in [0.2, 0.25) is 5.95 Å². The maximum atomic E-state index is 4.52. The maximum absolute atomic E-state index is 4.52. The van der Waals surface area contributed by atoms with E-state index in [-0.39, 0.29) is 0 Å². The largest absolute Gasteiger partial charge is 0.353 e. The highest BCUT2D eigenvalue weighted by molar-refractivity contribution is 5.65. The highest BCUT2D eigenvalue weighted by Crippen LogP contribution is 2.24. The lowest BCUT2D eigenvalue weighted by Gasteiger charge is -2.13. The number of aryl methyl sites for hydroxylation is 4. The fraction of sp³-hybridized carbons (Fsp3) is 0.286. The van der Waals surface area contributed by atoms with Gasteiger partial charge in [-0.25, -0.2) is 0 Å². The molecule has 0 unspecified atom stereocenters. The van der Waals surface area contributed by atoms with Crippen LogP contribution in [-0.4, -0.2) is 21.7 Å². The first-order valence-electron chi connectivity index (χ1n) is 8.94.